The molecule has 25 heavy (non-hydrogen) atoms. The summed E-state index contributed by atoms with van der Waals surface area (Å²) in [6.45, 7) is 10.7. The molecule has 1 rings (SSSR count). The SMILES string of the molecule is CCC.CCCCC(CC(CC)CCC)c1cccc(C(F)(F)F)c1. The highest BCUT2D eigenvalue weighted by molar-refractivity contribution is 5.28. The zero-order valence-corrected chi connectivity index (χ0v) is 16.8. The Labute approximate surface area is 153 Å². The third-order valence-electron chi connectivity index (χ3n) is 4.48. The molecule has 3 heteroatoms. The molecule has 1 aromatic rings. The van der Waals surface area contributed by atoms with Crippen molar-refractivity contribution in [2.24, 2.45) is 5.92 Å². The Morgan fingerprint density at radius 1 is 0.920 bits per heavy atom. The Morgan fingerprint density at radius 2 is 1.56 bits per heavy atom. The van der Waals surface area contributed by atoms with E-state index in [1.165, 1.54) is 18.6 Å². The summed E-state index contributed by atoms with van der Waals surface area (Å²) >= 11 is 0. The van der Waals surface area contributed by atoms with Gasteiger partial charge in [-0.25, -0.2) is 0 Å². The first-order chi connectivity index (χ1) is 11.8. The van der Waals surface area contributed by atoms with Crippen LogP contribution in [0.1, 0.15) is 103 Å². The fourth-order valence-electron chi connectivity index (χ4n) is 3.14. The maximum atomic E-state index is 12.9. The predicted molar refractivity (Wildman–Crippen MR) is 103 cm³/mol. The first-order valence-corrected chi connectivity index (χ1v) is 10.0. The summed E-state index contributed by atoms with van der Waals surface area (Å²) in [5.41, 5.74) is 0.341. The van der Waals surface area contributed by atoms with Crippen LogP contribution in [0.4, 0.5) is 13.2 Å². The third kappa shape index (κ3) is 9.91. The van der Waals surface area contributed by atoms with Gasteiger partial charge in [-0.15, -0.1) is 0 Å². The minimum Gasteiger partial charge on any atom is -0.166 e. The summed E-state index contributed by atoms with van der Waals surface area (Å²) in [4.78, 5) is 0. The Balaban J connectivity index is 0.00000178. The van der Waals surface area contributed by atoms with Gasteiger partial charge in [-0.05, 0) is 36.3 Å². The molecule has 0 aliphatic heterocycles. The lowest BCUT2D eigenvalue weighted by molar-refractivity contribution is -0.137. The zero-order valence-electron chi connectivity index (χ0n) is 16.8. The minimum absolute atomic E-state index is 0.249. The second kappa shape index (κ2) is 13.2. The Hall–Kier alpha value is -0.990. The highest BCUT2D eigenvalue weighted by atomic mass is 19.4. The largest absolute Gasteiger partial charge is 0.416 e. The summed E-state index contributed by atoms with van der Waals surface area (Å²) in [5, 5.41) is 0. The van der Waals surface area contributed by atoms with E-state index in [2.05, 4.69) is 34.6 Å². The van der Waals surface area contributed by atoms with E-state index < -0.39 is 11.7 Å². The molecular weight excluding hydrogens is 321 g/mol. The molecule has 146 valence electrons. The second-order valence-electron chi connectivity index (χ2n) is 6.97. The van der Waals surface area contributed by atoms with Gasteiger partial charge in [0.15, 0.2) is 0 Å². The standard InChI is InChI=1S/C19H29F3.C3H8/c1-4-7-10-16(13-15(6-3)9-5-2)17-11-8-12-18(14-17)19(20,21)22;1-3-2/h8,11-12,14-16H,4-7,9-10,13H2,1-3H3;3H2,1-2H3. The van der Waals surface area contributed by atoms with E-state index in [1.807, 2.05) is 6.07 Å². The third-order valence-corrected chi connectivity index (χ3v) is 4.48. The molecule has 2 unspecified atom stereocenters. The molecule has 0 aromatic heterocycles. The fraction of sp³-hybridized carbons (Fsp3) is 0.727. The summed E-state index contributed by atoms with van der Waals surface area (Å²) in [5.74, 6) is 0.861. The molecule has 0 fully saturated rings. The predicted octanol–water partition coefficient (Wildman–Crippen LogP) is 8.61. The van der Waals surface area contributed by atoms with Crippen LogP contribution in [0.25, 0.3) is 0 Å². The smallest absolute Gasteiger partial charge is 0.166 e. The minimum atomic E-state index is -4.25. The van der Waals surface area contributed by atoms with Gasteiger partial charge in [-0.1, -0.05) is 91.3 Å². The number of hydrogen-bond acceptors (Lipinski definition) is 0. The fourth-order valence-corrected chi connectivity index (χ4v) is 3.14. The quantitative estimate of drug-likeness (QED) is 0.414. The van der Waals surface area contributed by atoms with Crippen LogP contribution in [0, 0.1) is 5.92 Å². The van der Waals surface area contributed by atoms with E-state index in [0.29, 0.717) is 5.92 Å². The molecule has 0 saturated carbocycles. The number of rotatable bonds is 9. The van der Waals surface area contributed by atoms with Crippen LogP contribution < -0.4 is 0 Å². The van der Waals surface area contributed by atoms with Crippen molar-refractivity contribution in [3.05, 3.63) is 35.4 Å². The summed E-state index contributed by atoms with van der Waals surface area (Å²) in [6, 6.07) is 5.95. The van der Waals surface area contributed by atoms with Crippen LogP contribution in [0.15, 0.2) is 24.3 Å². The van der Waals surface area contributed by atoms with Gasteiger partial charge in [0, 0.05) is 0 Å². The van der Waals surface area contributed by atoms with Gasteiger partial charge in [0.1, 0.15) is 0 Å². The first kappa shape index (κ1) is 24.0. The molecule has 0 aliphatic carbocycles. The zero-order chi connectivity index (χ0) is 19.3. The van der Waals surface area contributed by atoms with E-state index >= 15 is 0 Å². The van der Waals surface area contributed by atoms with Crippen LogP contribution in [0.2, 0.25) is 0 Å². The molecular formula is C22H37F3. The maximum Gasteiger partial charge on any atom is 0.416 e. The molecule has 2 atom stereocenters. The highest BCUT2D eigenvalue weighted by Crippen LogP contribution is 2.36. The van der Waals surface area contributed by atoms with Crippen LogP contribution >= 0.6 is 0 Å². The lowest BCUT2D eigenvalue weighted by Crippen LogP contribution is -2.10. The van der Waals surface area contributed by atoms with Gasteiger partial charge in [-0.3, -0.25) is 0 Å². The van der Waals surface area contributed by atoms with Gasteiger partial charge in [-0.2, -0.15) is 13.2 Å². The van der Waals surface area contributed by atoms with Crippen LogP contribution in [-0.4, -0.2) is 0 Å². The van der Waals surface area contributed by atoms with Crippen molar-refractivity contribution >= 4 is 0 Å². The molecule has 0 bridgehead atoms. The lowest BCUT2D eigenvalue weighted by Gasteiger charge is -2.24. The van der Waals surface area contributed by atoms with Crippen molar-refractivity contribution < 1.29 is 13.2 Å². The van der Waals surface area contributed by atoms with Gasteiger partial charge in [0.2, 0.25) is 0 Å². The monoisotopic (exact) mass is 358 g/mol. The van der Waals surface area contributed by atoms with Crippen molar-refractivity contribution in [1.82, 2.24) is 0 Å². The van der Waals surface area contributed by atoms with Gasteiger partial charge < -0.3 is 0 Å². The molecule has 0 aliphatic rings. The van der Waals surface area contributed by atoms with Crippen LogP contribution in [0.3, 0.4) is 0 Å². The number of benzene rings is 1. The van der Waals surface area contributed by atoms with E-state index in [0.717, 1.165) is 50.5 Å². The lowest BCUT2D eigenvalue weighted by atomic mass is 9.82. The van der Waals surface area contributed by atoms with Crippen molar-refractivity contribution in [2.45, 2.75) is 98.1 Å². The van der Waals surface area contributed by atoms with Crippen molar-refractivity contribution in [1.29, 1.82) is 0 Å². The summed E-state index contributed by atoms with van der Waals surface area (Å²) in [6.07, 6.45) is 4.56. The topological polar surface area (TPSA) is 0 Å². The average molecular weight is 359 g/mol. The molecule has 0 spiro atoms. The Kier molecular flexibility index (Phi) is 12.7. The van der Waals surface area contributed by atoms with Crippen molar-refractivity contribution in [2.75, 3.05) is 0 Å². The molecule has 0 radical (unpaired) electrons. The number of alkyl halides is 3. The van der Waals surface area contributed by atoms with Crippen molar-refractivity contribution in [3.8, 4) is 0 Å². The second-order valence-corrected chi connectivity index (χ2v) is 6.97. The first-order valence-electron chi connectivity index (χ1n) is 10.0. The molecule has 0 heterocycles. The number of halogens is 3. The summed E-state index contributed by atoms with van der Waals surface area (Å²) < 4.78 is 38.8. The van der Waals surface area contributed by atoms with E-state index in [-0.39, 0.29) is 5.92 Å². The summed E-state index contributed by atoms with van der Waals surface area (Å²) in [7, 11) is 0. The van der Waals surface area contributed by atoms with Crippen LogP contribution in [0.5, 0.6) is 0 Å². The van der Waals surface area contributed by atoms with E-state index in [1.54, 1.807) is 6.07 Å². The normalized spacial score (nSPS) is 13.8. The van der Waals surface area contributed by atoms with E-state index in [4.69, 9.17) is 0 Å². The van der Waals surface area contributed by atoms with Crippen LogP contribution in [-0.2, 0) is 6.18 Å². The van der Waals surface area contributed by atoms with Gasteiger partial charge in [0.25, 0.3) is 0 Å². The highest BCUT2D eigenvalue weighted by Gasteiger charge is 2.31. The number of hydrogen-bond donors (Lipinski definition) is 0. The molecule has 0 nitrogen and oxygen atoms in total. The molecule has 0 saturated heterocycles. The molecule has 0 amide bonds. The Morgan fingerprint density at radius 3 is 2.04 bits per heavy atom. The van der Waals surface area contributed by atoms with Gasteiger partial charge >= 0.3 is 6.18 Å². The van der Waals surface area contributed by atoms with Crippen molar-refractivity contribution in [3.63, 3.8) is 0 Å². The number of unbranched alkanes of at least 4 members (excludes halogenated alkanes) is 1. The molecule has 1 aromatic carbocycles. The Bertz CT molecular complexity index is 437. The maximum absolute atomic E-state index is 12.9. The van der Waals surface area contributed by atoms with E-state index in [9.17, 15) is 13.2 Å². The van der Waals surface area contributed by atoms with Gasteiger partial charge in [0.05, 0.1) is 5.56 Å². The average Bonchev–Trinajstić information content (AvgIpc) is 2.57. The molecule has 0 N–H and O–H groups in total.